The van der Waals surface area contributed by atoms with Crippen LogP contribution >= 0.6 is 0 Å². The summed E-state index contributed by atoms with van der Waals surface area (Å²) in [5.74, 6) is 1.08. The second kappa shape index (κ2) is 7.40. The average molecular weight is 381 g/mol. The monoisotopic (exact) mass is 381 g/mol. The standard InChI is InChI=1S/C20H20FN5O2/c1-24(11-12-28-17-10-6-4-8-15(17)21)13-18-22-23-20-25(2)19(27)14-7-3-5-9-16(14)26(18)20/h3-10H,11-13H2,1-2H3. The first-order valence-corrected chi connectivity index (χ1v) is 8.94. The van der Waals surface area contributed by atoms with Crippen molar-refractivity contribution in [3.8, 4) is 5.75 Å². The molecule has 4 aromatic rings. The molecule has 144 valence electrons. The predicted molar refractivity (Wildman–Crippen MR) is 104 cm³/mol. The van der Waals surface area contributed by atoms with Crippen LogP contribution in [0.3, 0.4) is 0 Å². The van der Waals surface area contributed by atoms with E-state index in [9.17, 15) is 9.18 Å². The van der Waals surface area contributed by atoms with Crippen LogP contribution in [0.15, 0.2) is 53.3 Å². The molecule has 0 saturated heterocycles. The van der Waals surface area contributed by atoms with Crippen molar-refractivity contribution in [2.45, 2.75) is 6.54 Å². The summed E-state index contributed by atoms with van der Waals surface area (Å²) >= 11 is 0. The molecule has 0 saturated carbocycles. The zero-order valence-electron chi connectivity index (χ0n) is 15.7. The van der Waals surface area contributed by atoms with Gasteiger partial charge in [-0.05, 0) is 31.3 Å². The Kier molecular flexibility index (Phi) is 4.79. The van der Waals surface area contributed by atoms with Gasteiger partial charge in [0.2, 0.25) is 5.78 Å². The Morgan fingerprint density at radius 2 is 1.86 bits per heavy atom. The van der Waals surface area contributed by atoms with Gasteiger partial charge in [0.25, 0.3) is 5.56 Å². The van der Waals surface area contributed by atoms with Crippen LogP contribution in [-0.2, 0) is 13.6 Å². The molecule has 0 atom stereocenters. The first-order valence-electron chi connectivity index (χ1n) is 8.94. The Balaban J connectivity index is 1.55. The minimum atomic E-state index is -0.374. The summed E-state index contributed by atoms with van der Waals surface area (Å²) in [7, 11) is 3.62. The molecule has 0 bridgehead atoms. The van der Waals surface area contributed by atoms with Gasteiger partial charge in [-0.3, -0.25) is 18.7 Å². The van der Waals surface area contributed by atoms with E-state index in [1.165, 1.54) is 10.6 Å². The highest BCUT2D eigenvalue weighted by Gasteiger charge is 2.15. The van der Waals surface area contributed by atoms with Crippen LogP contribution in [0.1, 0.15) is 5.82 Å². The summed E-state index contributed by atoms with van der Waals surface area (Å²) in [5.41, 5.74) is 0.672. The molecule has 0 spiro atoms. The largest absolute Gasteiger partial charge is 0.489 e. The molecule has 4 rings (SSSR count). The minimum absolute atomic E-state index is 0.103. The third kappa shape index (κ3) is 3.22. The van der Waals surface area contributed by atoms with Gasteiger partial charge >= 0.3 is 0 Å². The van der Waals surface area contributed by atoms with E-state index in [0.717, 1.165) is 11.3 Å². The summed E-state index contributed by atoms with van der Waals surface area (Å²) in [6.07, 6.45) is 0. The molecule has 0 aliphatic carbocycles. The van der Waals surface area contributed by atoms with Crippen LogP contribution in [-0.4, -0.2) is 44.3 Å². The second-order valence-corrected chi connectivity index (χ2v) is 6.65. The Hall–Kier alpha value is -3.26. The summed E-state index contributed by atoms with van der Waals surface area (Å²) in [4.78, 5) is 14.5. The topological polar surface area (TPSA) is 64.7 Å². The smallest absolute Gasteiger partial charge is 0.262 e. The van der Waals surface area contributed by atoms with Gasteiger partial charge in [0.05, 0.1) is 17.4 Å². The number of ether oxygens (including phenoxy) is 1. The van der Waals surface area contributed by atoms with E-state index in [1.54, 1.807) is 31.3 Å². The molecule has 2 aromatic heterocycles. The number of nitrogens with zero attached hydrogens (tertiary/aromatic N) is 5. The number of aromatic nitrogens is 4. The number of hydrogen-bond acceptors (Lipinski definition) is 5. The summed E-state index contributed by atoms with van der Waals surface area (Å²) in [5, 5.41) is 9.08. The lowest BCUT2D eigenvalue weighted by Gasteiger charge is -2.16. The Morgan fingerprint density at radius 3 is 2.68 bits per heavy atom. The van der Waals surface area contributed by atoms with Crippen molar-refractivity contribution >= 4 is 16.7 Å². The molecule has 0 unspecified atom stereocenters. The van der Waals surface area contributed by atoms with E-state index >= 15 is 0 Å². The highest BCUT2D eigenvalue weighted by molar-refractivity contribution is 5.80. The van der Waals surface area contributed by atoms with Crippen molar-refractivity contribution in [2.75, 3.05) is 20.2 Å². The predicted octanol–water partition coefficient (Wildman–Crippen LogP) is 2.23. The number of benzene rings is 2. The van der Waals surface area contributed by atoms with Crippen LogP contribution < -0.4 is 10.3 Å². The van der Waals surface area contributed by atoms with E-state index in [-0.39, 0.29) is 17.1 Å². The first kappa shape index (κ1) is 18.1. The maximum atomic E-state index is 13.6. The van der Waals surface area contributed by atoms with Crippen LogP contribution in [0.2, 0.25) is 0 Å². The fourth-order valence-corrected chi connectivity index (χ4v) is 3.19. The lowest BCUT2D eigenvalue weighted by Crippen LogP contribution is -2.26. The number of hydrogen-bond donors (Lipinski definition) is 0. The average Bonchev–Trinajstić information content (AvgIpc) is 3.11. The molecule has 0 N–H and O–H groups in total. The van der Waals surface area contributed by atoms with E-state index in [0.29, 0.717) is 30.9 Å². The Bertz CT molecular complexity index is 1200. The highest BCUT2D eigenvalue weighted by atomic mass is 19.1. The molecule has 0 amide bonds. The van der Waals surface area contributed by atoms with Gasteiger partial charge in [-0.1, -0.05) is 24.3 Å². The van der Waals surface area contributed by atoms with Crippen molar-refractivity contribution in [3.05, 3.63) is 70.5 Å². The quantitative estimate of drug-likeness (QED) is 0.513. The van der Waals surface area contributed by atoms with Crippen molar-refractivity contribution in [2.24, 2.45) is 7.05 Å². The Morgan fingerprint density at radius 1 is 1.11 bits per heavy atom. The van der Waals surface area contributed by atoms with Crippen molar-refractivity contribution in [1.29, 1.82) is 0 Å². The maximum Gasteiger partial charge on any atom is 0.262 e. The zero-order chi connectivity index (χ0) is 19.7. The van der Waals surface area contributed by atoms with Crippen LogP contribution in [0.25, 0.3) is 16.7 Å². The molecule has 7 nitrogen and oxygen atoms in total. The van der Waals surface area contributed by atoms with Crippen LogP contribution in [0, 0.1) is 5.82 Å². The third-order valence-electron chi connectivity index (χ3n) is 4.67. The normalized spacial score (nSPS) is 11.6. The van der Waals surface area contributed by atoms with Gasteiger partial charge in [0.15, 0.2) is 17.4 Å². The molecule has 0 fully saturated rings. The number of fused-ring (bicyclic) bond motifs is 3. The van der Waals surface area contributed by atoms with Crippen LogP contribution in [0.4, 0.5) is 4.39 Å². The van der Waals surface area contributed by atoms with Gasteiger partial charge in [0.1, 0.15) is 6.61 Å². The maximum absolute atomic E-state index is 13.6. The summed E-state index contributed by atoms with van der Waals surface area (Å²) in [6.45, 7) is 1.42. The third-order valence-corrected chi connectivity index (χ3v) is 4.67. The van der Waals surface area contributed by atoms with Crippen molar-refractivity contribution in [1.82, 2.24) is 24.1 Å². The molecular weight excluding hydrogens is 361 g/mol. The number of likely N-dealkylation sites (N-methyl/N-ethyl adjacent to an activating group) is 1. The van der Waals surface area contributed by atoms with Gasteiger partial charge in [-0.15, -0.1) is 10.2 Å². The molecule has 8 heteroatoms. The molecule has 2 aromatic carbocycles. The molecular formula is C20H20FN5O2. The molecule has 2 heterocycles. The Labute approximate surface area is 160 Å². The molecule has 28 heavy (non-hydrogen) atoms. The summed E-state index contributed by atoms with van der Waals surface area (Å²) in [6, 6.07) is 13.8. The van der Waals surface area contributed by atoms with E-state index in [2.05, 4.69) is 10.2 Å². The molecule has 0 radical (unpaired) electrons. The molecule has 0 aliphatic rings. The van der Waals surface area contributed by atoms with Crippen LogP contribution in [0.5, 0.6) is 5.75 Å². The zero-order valence-corrected chi connectivity index (χ0v) is 15.7. The first-order chi connectivity index (χ1) is 13.6. The van der Waals surface area contributed by atoms with Gasteiger partial charge < -0.3 is 4.74 Å². The second-order valence-electron chi connectivity index (χ2n) is 6.65. The number of para-hydroxylation sites is 2. The van der Waals surface area contributed by atoms with E-state index < -0.39 is 0 Å². The lowest BCUT2D eigenvalue weighted by molar-refractivity contribution is 0.223. The minimum Gasteiger partial charge on any atom is -0.489 e. The van der Waals surface area contributed by atoms with Crippen molar-refractivity contribution in [3.63, 3.8) is 0 Å². The number of rotatable bonds is 6. The summed E-state index contributed by atoms with van der Waals surface area (Å²) < 4.78 is 22.5. The van der Waals surface area contributed by atoms with E-state index in [1.807, 2.05) is 34.5 Å². The fraction of sp³-hybridized carbons (Fsp3) is 0.250. The van der Waals surface area contributed by atoms with Crippen molar-refractivity contribution < 1.29 is 9.13 Å². The van der Waals surface area contributed by atoms with Gasteiger partial charge in [-0.2, -0.15) is 0 Å². The molecule has 0 aliphatic heterocycles. The number of aryl methyl sites for hydroxylation is 1. The van der Waals surface area contributed by atoms with Gasteiger partial charge in [0, 0.05) is 13.6 Å². The van der Waals surface area contributed by atoms with E-state index in [4.69, 9.17) is 4.74 Å². The SMILES string of the molecule is CN(CCOc1ccccc1F)Cc1nnc2n(C)c(=O)c3ccccc3n12. The highest BCUT2D eigenvalue weighted by Crippen LogP contribution is 2.16. The van der Waals surface area contributed by atoms with Gasteiger partial charge in [-0.25, -0.2) is 4.39 Å². The number of halogens is 1. The lowest BCUT2D eigenvalue weighted by atomic mass is 10.2. The fourth-order valence-electron chi connectivity index (χ4n) is 3.19.